The average molecular weight is 410 g/mol. The SMILES string of the molecule is Fc1ccc(COc2ccc3ccccc3c2Br)cc1Br. The molecule has 0 N–H and O–H groups in total. The number of ether oxygens (including phenoxy) is 1. The quantitative estimate of drug-likeness (QED) is 0.509. The second-order valence-corrected chi connectivity index (χ2v) is 6.28. The van der Waals surface area contributed by atoms with Gasteiger partial charge in [-0.25, -0.2) is 4.39 Å². The minimum Gasteiger partial charge on any atom is -0.488 e. The fraction of sp³-hybridized carbons (Fsp3) is 0.0588. The molecule has 3 aromatic carbocycles. The van der Waals surface area contributed by atoms with Crippen LogP contribution in [0.3, 0.4) is 0 Å². The monoisotopic (exact) mass is 408 g/mol. The lowest BCUT2D eigenvalue weighted by Crippen LogP contribution is -1.97. The fourth-order valence-electron chi connectivity index (χ4n) is 2.12. The van der Waals surface area contributed by atoms with Crippen LogP contribution < -0.4 is 4.74 Å². The molecule has 0 unspecified atom stereocenters. The molecule has 0 fully saturated rings. The first-order valence-electron chi connectivity index (χ1n) is 6.39. The van der Waals surface area contributed by atoms with E-state index in [4.69, 9.17) is 4.74 Å². The molecule has 0 aliphatic heterocycles. The summed E-state index contributed by atoms with van der Waals surface area (Å²) in [5.74, 6) is 0.500. The van der Waals surface area contributed by atoms with E-state index in [1.165, 1.54) is 6.07 Å². The molecule has 0 spiro atoms. The fourth-order valence-corrected chi connectivity index (χ4v) is 3.15. The molecule has 0 amide bonds. The summed E-state index contributed by atoms with van der Waals surface area (Å²) in [5, 5.41) is 2.26. The van der Waals surface area contributed by atoms with Gasteiger partial charge >= 0.3 is 0 Å². The van der Waals surface area contributed by atoms with Crippen LogP contribution in [0.2, 0.25) is 0 Å². The number of halogens is 3. The molecular weight excluding hydrogens is 399 g/mol. The first-order chi connectivity index (χ1) is 10.1. The third-order valence-corrected chi connectivity index (χ3v) is 4.63. The first-order valence-corrected chi connectivity index (χ1v) is 7.98. The molecule has 21 heavy (non-hydrogen) atoms. The Hall–Kier alpha value is -1.39. The second kappa shape index (κ2) is 6.16. The third-order valence-electron chi connectivity index (χ3n) is 3.21. The van der Waals surface area contributed by atoms with Crippen LogP contribution in [0.1, 0.15) is 5.56 Å². The number of hydrogen-bond acceptors (Lipinski definition) is 1. The normalized spacial score (nSPS) is 10.8. The summed E-state index contributed by atoms with van der Waals surface area (Å²) in [6, 6.07) is 16.9. The summed E-state index contributed by atoms with van der Waals surface area (Å²) >= 11 is 6.77. The standard InChI is InChI=1S/C17H11Br2FO/c18-14-9-11(5-7-15(14)20)10-21-16-8-6-12-3-1-2-4-13(12)17(16)19/h1-9H,10H2. The van der Waals surface area contributed by atoms with Crippen molar-refractivity contribution < 1.29 is 9.13 Å². The molecule has 4 heteroatoms. The third kappa shape index (κ3) is 3.11. The molecule has 0 radical (unpaired) electrons. The van der Waals surface area contributed by atoms with E-state index in [1.54, 1.807) is 12.1 Å². The van der Waals surface area contributed by atoms with Crippen LogP contribution in [0.25, 0.3) is 10.8 Å². The largest absolute Gasteiger partial charge is 0.488 e. The highest BCUT2D eigenvalue weighted by Crippen LogP contribution is 2.33. The van der Waals surface area contributed by atoms with Gasteiger partial charge in [-0.05, 0) is 66.4 Å². The smallest absolute Gasteiger partial charge is 0.137 e. The molecule has 3 rings (SSSR count). The Morgan fingerprint density at radius 3 is 2.57 bits per heavy atom. The van der Waals surface area contributed by atoms with E-state index in [2.05, 4.69) is 37.9 Å². The predicted octanol–water partition coefficient (Wildman–Crippen LogP) is 6.08. The Morgan fingerprint density at radius 1 is 0.952 bits per heavy atom. The minimum absolute atomic E-state index is 0.273. The van der Waals surface area contributed by atoms with E-state index in [0.29, 0.717) is 11.1 Å². The van der Waals surface area contributed by atoms with Crippen molar-refractivity contribution in [3.05, 3.63) is 74.9 Å². The molecule has 0 aliphatic rings. The van der Waals surface area contributed by atoms with Crippen LogP contribution >= 0.6 is 31.9 Å². The maximum absolute atomic E-state index is 13.2. The van der Waals surface area contributed by atoms with Crippen molar-refractivity contribution in [1.29, 1.82) is 0 Å². The summed E-state index contributed by atoms with van der Waals surface area (Å²) < 4.78 is 20.4. The zero-order valence-electron chi connectivity index (χ0n) is 10.9. The second-order valence-electron chi connectivity index (χ2n) is 4.64. The van der Waals surface area contributed by atoms with Gasteiger partial charge in [-0.1, -0.05) is 36.4 Å². The number of rotatable bonds is 3. The number of benzene rings is 3. The number of fused-ring (bicyclic) bond motifs is 1. The van der Waals surface area contributed by atoms with Crippen molar-refractivity contribution in [2.75, 3.05) is 0 Å². The van der Waals surface area contributed by atoms with Crippen molar-refractivity contribution >= 4 is 42.6 Å². The highest BCUT2D eigenvalue weighted by atomic mass is 79.9. The van der Waals surface area contributed by atoms with Crippen LogP contribution in [0, 0.1) is 5.82 Å². The van der Waals surface area contributed by atoms with Crippen LogP contribution in [0.5, 0.6) is 5.75 Å². The Labute approximate surface area is 139 Å². The average Bonchev–Trinajstić information content (AvgIpc) is 2.50. The van der Waals surface area contributed by atoms with E-state index in [-0.39, 0.29) is 5.82 Å². The van der Waals surface area contributed by atoms with Crippen molar-refractivity contribution in [3.8, 4) is 5.75 Å². The van der Waals surface area contributed by atoms with Gasteiger partial charge in [0.05, 0.1) is 8.95 Å². The van der Waals surface area contributed by atoms with Crippen LogP contribution in [0.4, 0.5) is 4.39 Å². The van der Waals surface area contributed by atoms with E-state index in [1.807, 2.05) is 30.3 Å². The minimum atomic E-state index is -0.273. The molecule has 0 aliphatic carbocycles. The van der Waals surface area contributed by atoms with E-state index in [0.717, 1.165) is 26.6 Å². The zero-order valence-corrected chi connectivity index (χ0v) is 14.1. The maximum Gasteiger partial charge on any atom is 0.137 e. The van der Waals surface area contributed by atoms with Gasteiger partial charge in [-0.3, -0.25) is 0 Å². The van der Waals surface area contributed by atoms with Crippen molar-refractivity contribution in [1.82, 2.24) is 0 Å². The lowest BCUT2D eigenvalue weighted by atomic mass is 10.1. The van der Waals surface area contributed by atoms with E-state index in [9.17, 15) is 4.39 Å². The molecule has 1 nitrogen and oxygen atoms in total. The zero-order chi connectivity index (χ0) is 14.8. The van der Waals surface area contributed by atoms with Gasteiger partial charge in [-0.2, -0.15) is 0 Å². The summed E-state index contributed by atoms with van der Waals surface area (Å²) in [6.45, 7) is 0.385. The Kier molecular flexibility index (Phi) is 4.27. The molecule has 0 heterocycles. The van der Waals surface area contributed by atoms with Gasteiger partial charge in [-0.15, -0.1) is 0 Å². The summed E-state index contributed by atoms with van der Waals surface area (Å²) in [7, 11) is 0. The molecule has 106 valence electrons. The Balaban J connectivity index is 1.85. The highest BCUT2D eigenvalue weighted by Gasteiger charge is 2.07. The lowest BCUT2D eigenvalue weighted by Gasteiger charge is -2.11. The van der Waals surface area contributed by atoms with Gasteiger partial charge in [0.2, 0.25) is 0 Å². The van der Waals surface area contributed by atoms with Crippen LogP contribution in [-0.2, 0) is 6.61 Å². The maximum atomic E-state index is 13.2. The number of hydrogen-bond donors (Lipinski definition) is 0. The first kappa shape index (κ1) is 14.5. The van der Waals surface area contributed by atoms with Gasteiger partial charge in [0.25, 0.3) is 0 Å². The molecule has 0 saturated heterocycles. The molecule has 0 saturated carbocycles. The molecular formula is C17H11Br2FO. The molecule has 3 aromatic rings. The van der Waals surface area contributed by atoms with E-state index >= 15 is 0 Å². The molecule has 0 bridgehead atoms. The van der Waals surface area contributed by atoms with Gasteiger partial charge in [0.15, 0.2) is 0 Å². The highest BCUT2D eigenvalue weighted by molar-refractivity contribution is 9.11. The van der Waals surface area contributed by atoms with Gasteiger partial charge < -0.3 is 4.74 Å². The van der Waals surface area contributed by atoms with Gasteiger partial charge in [0, 0.05) is 0 Å². The summed E-state index contributed by atoms with van der Waals surface area (Å²) in [4.78, 5) is 0. The Bertz CT molecular complexity index is 802. The predicted molar refractivity (Wildman–Crippen MR) is 90.1 cm³/mol. The van der Waals surface area contributed by atoms with Crippen molar-refractivity contribution in [2.45, 2.75) is 6.61 Å². The molecule has 0 atom stereocenters. The van der Waals surface area contributed by atoms with Crippen molar-refractivity contribution in [2.24, 2.45) is 0 Å². The lowest BCUT2D eigenvalue weighted by molar-refractivity contribution is 0.304. The Morgan fingerprint density at radius 2 is 1.76 bits per heavy atom. The van der Waals surface area contributed by atoms with Gasteiger partial charge in [0.1, 0.15) is 18.2 Å². The summed E-state index contributed by atoms with van der Waals surface area (Å²) in [6.07, 6.45) is 0. The van der Waals surface area contributed by atoms with Crippen molar-refractivity contribution in [3.63, 3.8) is 0 Å². The summed E-state index contributed by atoms with van der Waals surface area (Å²) in [5.41, 5.74) is 0.906. The van der Waals surface area contributed by atoms with E-state index < -0.39 is 0 Å². The van der Waals surface area contributed by atoms with Crippen LogP contribution in [0.15, 0.2) is 63.5 Å². The molecule has 0 aromatic heterocycles. The topological polar surface area (TPSA) is 9.23 Å². The van der Waals surface area contributed by atoms with Crippen LogP contribution in [-0.4, -0.2) is 0 Å².